The van der Waals surface area contributed by atoms with Crippen LogP contribution in [0.25, 0.3) is 0 Å². The van der Waals surface area contributed by atoms with Gasteiger partial charge >= 0.3 is 0 Å². The van der Waals surface area contributed by atoms with Crippen molar-refractivity contribution in [3.63, 3.8) is 0 Å². The summed E-state index contributed by atoms with van der Waals surface area (Å²) in [7, 11) is 3.28. The van der Waals surface area contributed by atoms with Crippen LogP contribution in [0.15, 0.2) is 24.3 Å². The third-order valence-corrected chi connectivity index (χ3v) is 2.53. The van der Waals surface area contributed by atoms with Gasteiger partial charge in [-0.2, -0.15) is 0 Å². The molecule has 0 saturated carbocycles. The predicted molar refractivity (Wildman–Crippen MR) is 64.7 cm³/mol. The number of amides is 1. The van der Waals surface area contributed by atoms with Crippen molar-refractivity contribution in [3.05, 3.63) is 24.3 Å². The Hall–Kier alpha value is -1.55. The quantitative estimate of drug-likeness (QED) is 0.837. The highest BCUT2D eigenvalue weighted by atomic mass is 16.5. The summed E-state index contributed by atoms with van der Waals surface area (Å²) in [6.45, 7) is 1.89. The van der Waals surface area contributed by atoms with Gasteiger partial charge < -0.3 is 15.4 Å². The number of ether oxygens (including phenoxy) is 1. The molecule has 0 aliphatic heterocycles. The first kappa shape index (κ1) is 12.5. The Bertz CT molecular complexity index is 366. The molecule has 1 aromatic carbocycles. The van der Waals surface area contributed by atoms with Crippen LogP contribution in [0.1, 0.15) is 13.3 Å². The molecule has 0 aliphatic rings. The second-order valence-corrected chi connectivity index (χ2v) is 3.58. The van der Waals surface area contributed by atoms with Crippen molar-refractivity contribution in [2.45, 2.75) is 19.4 Å². The normalized spacial score (nSPS) is 12.0. The molecule has 2 N–H and O–H groups in total. The molecule has 1 atom stereocenters. The van der Waals surface area contributed by atoms with Crippen molar-refractivity contribution in [1.82, 2.24) is 0 Å². The zero-order valence-electron chi connectivity index (χ0n) is 9.93. The molecule has 0 fully saturated rings. The van der Waals surface area contributed by atoms with Crippen molar-refractivity contribution in [2.75, 3.05) is 19.1 Å². The minimum absolute atomic E-state index is 0.105. The maximum absolute atomic E-state index is 11.9. The molecule has 0 aromatic heterocycles. The lowest BCUT2D eigenvalue weighted by Gasteiger charge is -2.22. The first-order valence-electron chi connectivity index (χ1n) is 5.28. The highest BCUT2D eigenvalue weighted by molar-refractivity contribution is 5.97. The van der Waals surface area contributed by atoms with Gasteiger partial charge in [0.2, 0.25) is 5.91 Å². The Morgan fingerprint density at radius 1 is 1.50 bits per heavy atom. The lowest BCUT2D eigenvalue weighted by atomic mass is 10.2. The van der Waals surface area contributed by atoms with Gasteiger partial charge in [0.15, 0.2) is 0 Å². The largest absolute Gasteiger partial charge is 0.495 e. The van der Waals surface area contributed by atoms with E-state index in [2.05, 4.69) is 0 Å². The Morgan fingerprint density at radius 3 is 2.69 bits per heavy atom. The van der Waals surface area contributed by atoms with E-state index in [1.54, 1.807) is 14.2 Å². The number of carbonyl (C=O) groups is 1. The fourth-order valence-electron chi connectivity index (χ4n) is 1.45. The van der Waals surface area contributed by atoms with Gasteiger partial charge in [-0.15, -0.1) is 0 Å². The Labute approximate surface area is 96.0 Å². The number of rotatable bonds is 4. The third-order valence-electron chi connectivity index (χ3n) is 2.53. The summed E-state index contributed by atoms with van der Waals surface area (Å²) in [6.07, 6.45) is 0.623. The lowest BCUT2D eigenvalue weighted by Crippen LogP contribution is -2.41. The number of nitrogens with zero attached hydrogens (tertiary/aromatic N) is 1. The molecule has 0 radical (unpaired) electrons. The van der Waals surface area contributed by atoms with E-state index in [0.717, 1.165) is 5.69 Å². The number of methoxy groups -OCH3 is 1. The molecule has 1 rings (SSSR count). The van der Waals surface area contributed by atoms with Crippen LogP contribution in [0.3, 0.4) is 0 Å². The van der Waals surface area contributed by atoms with Crippen LogP contribution >= 0.6 is 0 Å². The van der Waals surface area contributed by atoms with Crippen LogP contribution in [-0.2, 0) is 4.79 Å². The van der Waals surface area contributed by atoms with Crippen LogP contribution in [0.4, 0.5) is 5.69 Å². The number of carbonyl (C=O) groups excluding carboxylic acids is 1. The minimum Gasteiger partial charge on any atom is -0.495 e. The Kier molecular flexibility index (Phi) is 4.31. The molecule has 0 heterocycles. The van der Waals surface area contributed by atoms with Gasteiger partial charge in [0.1, 0.15) is 5.75 Å². The fraction of sp³-hybridized carbons (Fsp3) is 0.417. The average Bonchev–Trinajstić information content (AvgIpc) is 2.35. The minimum atomic E-state index is -0.463. The van der Waals surface area contributed by atoms with E-state index in [9.17, 15) is 4.79 Å². The smallest absolute Gasteiger partial charge is 0.243 e. The lowest BCUT2D eigenvalue weighted by molar-refractivity contribution is -0.119. The van der Waals surface area contributed by atoms with Crippen LogP contribution in [0.2, 0.25) is 0 Å². The van der Waals surface area contributed by atoms with Crippen molar-refractivity contribution >= 4 is 11.6 Å². The maximum atomic E-state index is 11.9. The summed E-state index contributed by atoms with van der Waals surface area (Å²) < 4.78 is 5.20. The highest BCUT2D eigenvalue weighted by Gasteiger charge is 2.19. The molecule has 0 bridgehead atoms. The second-order valence-electron chi connectivity index (χ2n) is 3.58. The van der Waals surface area contributed by atoms with Crippen molar-refractivity contribution in [2.24, 2.45) is 5.73 Å². The molecule has 0 unspecified atom stereocenters. The van der Waals surface area contributed by atoms with Gasteiger partial charge in [0, 0.05) is 7.05 Å². The number of hydrogen-bond acceptors (Lipinski definition) is 3. The molecule has 0 aliphatic carbocycles. The zero-order valence-corrected chi connectivity index (χ0v) is 9.93. The first-order valence-corrected chi connectivity index (χ1v) is 5.28. The van der Waals surface area contributed by atoms with E-state index >= 15 is 0 Å². The van der Waals surface area contributed by atoms with E-state index in [-0.39, 0.29) is 5.91 Å². The van der Waals surface area contributed by atoms with Crippen LogP contribution < -0.4 is 15.4 Å². The number of para-hydroxylation sites is 2. The van der Waals surface area contributed by atoms with E-state index in [0.29, 0.717) is 12.2 Å². The summed E-state index contributed by atoms with van der Waals surface area (Å²) >= 11 is 0. The number of anilines is 1. The maximum Gasteiger partial charge on any atom is 0.243 e. The van der Waals surface area contributed by atoms with Crippen molar-refractivity contribution < 1.29 is 9.53 Å². The summed E-state index contributed by atoms with van der Waals surface area (Å²) in [5.74, 6) is 0.564. The topological polar surface area (TPSA) is 55.6 Å². The van der Waals surface area contributed by atoms with Crippen LogP contribution in [0, 0.1) is 0 Å². The van der Waals surface area contributed by atoms with Gasteiger partial charge in [-0.05, 0) is 18.6 Å². The van der Waals surface area contributed by atoms with Crippen LogP contribution in [-0.4, -0.2) is 26.1 Å². The van der Waals surface area contributed by atoms with Gasteiger partial charge in [-0.25, -0.2) is 0 Å². The zero-order chi connectivity index (χ0) is 12.1. The highest BCUT2D eigenvalue weighted by Crippen LogP contribution is 2.26. The standard InChI is InChI=1S/C12H18N2O2/c1-4-9(13)12(15)14(2)10-7-5-6-8-11(10)16-3/h5-9H,4,13H2,1-3H3/t9-/m1/s1. The van der Waals surface area contributed by atoms with Gasteiger partial charge in [-0.3, -0.25) is 4.79 Å². The number of likely N-dealkylation sites (N-methyl/N-ethyl adjacent to an activating group) is 1. The molecule has 1 amide bonds. The average molecular weight is 222 g/mol. The van der Waals surface area contributed by atoms with Crippen molar-refractivity contribution in [3.8, 4) is 5.75 Å². The number of benzene rings is 1. The van der Waals surface area contributed by atoms with Crippen LogP contribution in [0.5, 0.6) is 5.75 Å². The van der Waals surface area contributed by atoms with E-state index < -0.39 is 6.04 Å². The SMILES string of the molecule is CC[C@@H](N)C(=O)N(C)c1ccccc1OC. The fourth-order valence-corrected chi connectivity index (χ4v) is 1.45. The summed E-state index contributed by atoms with van der Waals surface area (Å²) in [5.41, 5.74) is 6.45. The van der Waals surface area contributed by atoms with Gasteiger partial charge in [0.25, 0.3) is 0 Å². The molecular weight excluding hydrogens is 204 g/mol. The molecular formula is C12H18N2O2. The molecule has 4 heteroatoms. The Morgan fingerprint density at radius 2 is 2.12 bits per heavy atom. The molecule has 4 nitrogen and oxygen atoms in total. The molecule has 16 heavy (non-hydrogen) atoms. The monoisotopic (exact) mass is 222 g/mol. The van der Waals surface area contributed by atoms with Gasteiger partial charge in [-0.1, -0.05) is 19.1 Å². The molecule has 0 saturated heterocycles. The third kappa shape index (κ3) is 2.52. The molecule has 0 spiro atoms. The number of hydrogen-bond donors (Lipinski definition) is 1. The van der Waals surface area contributed by atoms with Gasteiger partial charge in [0.05, 0.1) is 18.8 Å². The van der Waals surface area contributed by atoms with E-state index in [1.165, 1.54) is 4.90 Å². The van der Waals surface area contributed by atoms with Crippen molar-refractivity contribution in [1.29, 1.82) is 0 Å². The second kappa shape index (κ2) is 5.51. The molecule has 88 valence electrons. The first-order chi connectivity index (χ1) is 7.61. The van der Waals surface area contributed by atoms with E-state index in [4.69, 9.17) is 10.5 Å². The molecule has 1 aromatic rings. The summed E-state index contributed by atoms with van der Waals surface area (Å²) in [4.78, 5) is 13.4. The van der Waals surface area contributed by atoms with E-state index in [1.807, 2.05) is 31.2 Å². The predicted octanol–water partition coefficient (Wildman–Crippen LogP) is 1.40. The summed E-state index contributed by atoms with van der Waals surface area (Å²) in [5, 5.41) is 0. The Balaban J connectivity index is 2.95. The summed E-state index contributed by atoms with van der Waals surface area (Å²) in [6, 6.07) is 6.91. The number of nitrogens with two attached hydrogens (primary N) is 1.